The summed E-state index contributed by atoms with van der Waals surface area (Å²) in [6, 6.07) is 73.4. The van der Waals surface area contributed by atoms with Crippen molar-refractivity contribution in [3.05, 3.63) is 206 Å². The highest BCUT2D eigenvalue weighted by molar-refractivity contribution is 7.21. The Balaban J connectivity index is 1.12. The van der Waals surface area contributed by atoms with E-state index in [1.54, 1.807) is 11.3 Å². The van der Waals surface area contributed by atoms with Crippen LogP contribution in [0.5, 0.6) is 0 Å². The van der Waals surface area contributed by atoms with Crippen LogP contribution in [-0.4, -0.2) is 4.98 Å². The molecule has 2 aromatic heterocycles. The molecule has 0 N–H and O–H groups in total. The summed E-state index contributed by atoms with van der Waals surface area (Å²) >= 11 is 1.72. The maximum absolute atomic E-state index is 6.90. The smallest absolute Gasteiger partial charge is 0.159 e. The number of furan rings is 1. The molecule has 0 saturated carbocycles. The third kappa shape index (κ3) is 5.86. The van der Waals surface area contributed by atoms with Crippen LogP contribution in [0.1, 0.15) is 0 Å². The fraction of sp³-hybridized carbons (Fsp3) is 0. The maximum Gasteiger partial charge on any atom is 0.159 e. The number of thiazole rings is 1. The summed E-state index contributed by atoms with van der Waals surface area (Å²) in [5.74, 6) is 0. The molecule has 2 heterocycles. The second-order valence-corrected chi connectivity index (χ2v) is 15.4. The Morgan fingerprint density at radius 2 is 1.05 bits per heavy atom. The van der Waals surface area contributed by atoms with Crippen LogP contribution in [-0.2, 0) is 0 Å². The van der Waals surface area contributed by atoms with Crippen molar-refractivity contribution < 1.29 is 4.42 Å². The Labute approximate surface area is 334 Å². The van der Waals surface area contributed by atoms with Gasteiger partial charge in [-0.25, -0.2) is 4.98 Å². The quantitative estimate of drug-likeness (QED) is 0.163. The van der Waals surface area contributed by atoms with E-state index in [9.17, 15) is 0 Å². The van der Waals surface area contributed by atoms with Gasteiger partial charge in [0, 0.05) is 33.8 Å². The van der Waals surface area contributed by atoms with Gasteiger partial charge in [-0.05, 0) is 80.6 Å². The zero-order valence-corrected chi connectivity index (χ0v) is 31.7. The Kier molecular flexibility index (Phi) is 8.01. The van der Waals surface area contributed by atoms with Gasteiger partial charge in [-0.2, -0.15) is 0 Å². The molecule has 4 heteroatoms. The molecule has 9 aromatic carbocycles. The first kappa shape index (κ1) is 33.1. The van der Waals surface area contributed by atoms with Gasteiger partial charge in [0.1, 0.15) is 10.6 Å². The van der Waals surface area contributed by atoms with E-state index >= 15 is 0 Å². The summed E-state index contributed by atoms with van der Waals surface area (Å²) in [5.41, 5.74) is 13.8. The van der Waals surface area contributed by atoms with Crippen molar-refractivity contribution in [2.24, 2.45) is 0 Å². The first-order chi connectivity index (χ1) is 28.2. The van der Waals surface area contributed by atoms with Gasteiger partial charge in [-0.15, -0.1) is 11.3 Å². The number of rotatable bonds is 7. The van der Waals surface area contributed by atoms with E-state index in [2.05, 4.69) is 205 Å². The molecular formula is C53H34N2OS. The minimum atomic E-state index is 0.825. The topological polar surface area (TPSA) is 29.3 Å². The Bertz CT molecular complexity index is 3220. The maximum atomic E-state index is 6.90. The highest BCUT2D eigenvalue weighted by Gasteiger charge is 2.22. The lowest BCUT2D eigenvalue weighted by molar-refractivity contribution is 0.669. The summed E-state index contributed by atoms with van der Waals surface area (Å²) in [4.78, 5) is 7.37. The van der Waals surface area contributed by atoms with Crippen molar-refractivity contribution in [3.63, 3.8) is 0 Å². The van der Waals surface area contributed by atoms with Crippen LogP contribution >= 0.6 is 11.3 Å². The van der Waals surface area contributed by atoms with Crippen molar-refractivity contribution in [2.75, 3.05) is 4.90 Å². The van der Waals surface area contributed by atoms with Crippen LogP contribution in [0.25, 0.3) is 86.9 Å². The van der Waals surface area contributed by atoms with E-state index in [4.69, 9.17) is 9.40 Å². The molecule has 57 heavy (non-hydrogen) atoms. The zero-order chi connectivity index (χ0) is 37.7. The number of para-hydroxylation sites is 1. The summed E-state index contributed by atoms with van der Waals surface area (Å²) in [7, 11) is 0. The van der Waals surface area contributed by atoms with Crippen LogP contribution in [0, 0.1) is 0 Å². The van der Waals surface area contributed by atoms with Gasteiger partial charge in [0.15, 0.2) is 5.58 Å². The van der Waals surface area contributed by atoms with Gasteiger partial charge >= 0.3 is 0 Å². The van der Waals surface area contributed by atoms with Crippen molar-refractivity contribution in [1.82, 2.24) is 4.98 Å². The van der Waals surface area contributed by atoms with Crippen LogP contribution in [0.3, 0.4) is 0 Å². The number of benzene rings is 9. The van der Waals surface area contributed by atoms with Crippen molar-refractivity contribution >= 4 is 71.3 Å². The molecule has 0 aliphatic rings. The van der Waals surface area contributed by atoms with Crippen LogP contribution in [0.15, 0.2) is 211 Å². The molecule has 0 amide bonds. The molecule has 0 unspecified atom stereocenters. The molecule has 0 bridgehead atoms. The van der Waals surface area contributed by atoms with Crippen LogP contribution < -0.4 is 4.90 Å². The predicted molar refractivity (Wildman–Crippen MR) is 241 cm³/mol. The van der Waals surface area contributed by atoms with Crippen molar-refractivity contribution in [3.8, 4) is 44.0 Å². The summed E-state index contributed by atoms with van der Waals surface area (Å²) in [5, 5.41) is 5.62. The highest BCUT2D eigenvalue weighted by atomic mass is 32.1. The monoisotopic (exact) mass is 746 g/mol. The number of fused-ring (bicyclic) bond motifs is 5. The first-order valence-electron chi connectivity index (χ1n) is 19.2. The molecule has 0 radical (unpaired) electrons. The van der Waals surface area contributed by atoms with E-state index in [0.29, 0.717) is 0 Å². The lowest BCUT2D eigenvalue weighted by Crippen LogP contribution is -2.10. The zero-order valence-electron chi connectivity index (χ0n) is 30.8. The summed E-state index contributed by atoms with van der Waals surface area (Å²) in [6.07, 6.45) is 0. The van der Waals surface area contributed by atoms with Crippen LogP contribution in [0.2, 0.25) is 0 Å². The Morgan fingerprint density at radius 1 is 0.421 bits per heavy atom. The average molecular weight is 747 g/mol. The van der Waals surface area contributed by atoms with Crippen molar-refractivity contribution in [2.45, 2.75) is 0 Å². The fourth-order valence-corrected chi connectivity index (χ4v) is 9.16. The number of hydrogen-bond acceptors (Lipinski definition) is 4. The van der Waals surface area contributed by atoms with Gasteiger partial charge in [0.25, 0.3) is 0 Å². The normalized spacial score (nSPS) is 11.5. The van der Waals surface area contributed by atoms with E-state index in [0.717, 1.165) is 70.9 Å². The largest absolute Gasteiger partial charge is 0.454 e. The van der Waals surface area contributed by atoms with Gasteiger partial charge in [-0.1, -0.05) is 164 Å². The molecule has 0 aliphatic heterocycles. The Hall–Kier alpha value is -7.27. The fourth-order valence-electron chi connectivity index (χ4n) is 8.17. The number of nitrogens with zero attached hydrogens (tertiary/aromatic N) is 2. The molecule has 0 spiro atoms. The number of hydrogen-bond donors (Lipinski definition) is 0. The standard InChI is InChI=1S/C53H34N2OS/c1-4-14-35(15-5-1)36-26-28-40(29-27-36)55(41-30-31-44(46(32-41)38-16-6-2-7-17-38)43-23-12-21-37-18-10-11-22-42(37)43)49-25-13-24-45-47-33-51-48(34-50(47)56-52(45)49)54-53(57-51)39-19-8-3-9-20-39/h1-34H. The molecular weight excluding hydrogens is 713 g/mol. The predicted octanol–water partition coefficient (Wildman–Crippen LogP) is 15.5. The van der Waals surface area contributed by atoms with Gasteiger partial charge < -0.3 is 9.32 Å². The van der Waals surface area contributed by atoms with E-state index in [1.165, 1.54) is 33.0 Å². The second-order valence-electron chi connectivity index (χ2n) is 14.3. The third-order valence-corrected chi connectivity index (χ3v) is 12.0. The Morgan fingerprint density at radius 3 is 1.84 bits per heavy atom. The third-order valence-electron chi connectivity index (χ3n) is 10.9. The molecule has 0 atom stereocenters. The van der Waals surface area contributed by atoms with Gasteiger partial charge in [0.05, 0.1) is 15.9 Å². The minimum Gasteiger partial charge on any atom is -0.454 e. The number of aromatic nitrogens is 1. The van der Waals surface area contributed by atoms with Gasteiger partial charge in [-0.3, -0.25) is 0 Å². The van der Waals surface area contributed by atoms with E-state index < -0.39 is 0 Å². The average Bonchev–Trinajstić information content (AvgIpc) is 3.88. The SMILES string of the molecule is c1ccc(-c2ccc(N(c3ccc(-c4cccc5ccccc45)c(-c4ccccc4)c3)c3cccc4c3oc3cc5nc(-c6ccccc6)sc5cc34)cc2)cc1. The molecule has 11 aromatic rings. The van der Waals surface area contributed by atoms with Crippen LogP contribution in [0.4, 0.5) is 17.1 Å². The van der Waals surface area contributed by atoms with Gasteiger partial charge in [0.2, 0.25) is 0 Å². The van der Waals surface area contributed by atoms with E-state index in [-0.39, 0.29) is 0 Å². The molecule has 0 aliphatic carbocycles. The molecule has 0 saturated heterocycles. The van der Waals surface area contributed by atoms with Crippen molar-refractivity contribution in [1.29, 1.82) is 0 Å². The second kappa shape index (κ2) is 13.8. The molecule has 3 nitrogen and oxygen atoms in total. The molecule has 0 fully saturated rings. The lowest BCUT2D eigenvalue weighted by atomic mass is 9.90. The van der Waals surface area contributed by atoms with E-state index in [1.807, 2.05) is 6.07 Å². The molecule has 268 valence electrons. The number of anilines is 3. The highest BCUT2D eigenvalue weighted by Crippen LogP contribution is 2.46. The molecule has 11 rings (SSSR count). The summed E-state index contributed by atoms with van der Waals surface area (Å²) < 4.78 is 8.04. The summed E-state index contributed by atoms with van der Waals surface area (Å²) in [6.45, 7) is 0. The lowest BCUT2D eigenvalue weighted by Gasteiger charge is -2.27. The first-order valence-corrected chi connectivity index (χ1v) is 20.0. The minimum absolute atomic E-state index is 0.825.